The molecule has 3 N–H and O–H groups in total. The van der Waals surface area contributed by atoms with Gasteiger partial charge in [-0.3, -0.25) is 4.68 Å². The number of rotatable bonds is 6. The quantitative estimate of drug-likeness (QED) is 0.372. The molecule has 3 aromatic heterocycles. The Labute approximate surface area is 198 Å². The number of carbonyl (C=O) groups is 1. The van der Waals surface area contributed by atoms with Crippen molar-refractivity contribution in [1.29, 1.82) is 0 Å². The van der Waals surface area contributed by atoms with E-state index in [1.165, 1.54) is 0 Å². The van der Waals surface area contributed by atoms with Crippen molar-refractivity contribution in [3.8, 4) is 17.0 Å². The van der Waals surface area contributed by atoms with Crippen molar-refractivity contribution < 1.29 is 27.8 Å². The molecule has 0 bridgehead atoms. The van der Waals surface area contributed by atoms with E-state index >= 15 is 0 Å². The van der Waals surface area contributed by atoms with Crippen LogP contribution in [0.2, 0.25) is 0 Å². The van der Waals surface area contributed by atoms with Crippen molar-refractivity contribution in [3.05, 3.63) is 47.7 Å². The lowest BCUT2D eigenvalue weighted by Gasteiger charge is -2.06. The van der Waals surface area contributed by atoms with E-state index in [0.717, 1.165) is 51.7 Å². The van der Waals surface area contributed by atoms with Crippen LogP contribution in [0.25, 0.3) is 22.3 Å². The number of fused-ring (bicyclic) bond motifs is 1. The van der Waals surface area contributed by atoms with Gasteiger partial charge in [-0.2, -0.15) is 18.3 Å². The van der Waals surface area contributed by atoms with Crippen molar-refractivity contribution in [3.63, 3.8) is 0 Å². The van der Waals surface area contributed by atoms with Crippen LogP contribution in [0.4, 0.5) is 19.1 Å². The van der Waals surface area contributed by atoms with Gasteiger partial charge in [0.15, 0.2) is 0 Å². The van der Waals surface area contributed by atoms with Gasteiger partial charge in [0, 0.05) is 43.5 Å². The molecule has 10 nitrogen and oxygen atoms in total. The van der Waals surface area contributed by atoms with Crippen LogP contribution in [0.15, 0.2) is 30.5 Å². The van der Waals surface area contributed by atoms with Crippen LogP contribution < -0.4 is 10.1 Å². The standard InChI is InChI=1S/C20H23N7O.C2HF3O2/c1-12-19(13(2)27(3)26-12)16-7-9-21-20(25-16)22-10-8-18-23-15-6-5-14(28-4)11-17(15)24-18;3-2(4,5)1(6)7/h5-7,9,11H,8,10H2,1-4H3,(H,23,24)(H,21,22,25);(H,6,7). The molecule has 0 aliphatic carbocycles. The summed E-state index contributed by atoms with van der Waals surface area (Å²) >= 11 is 0. The maximum atomic E-state index is 10.6. The fourth-order valence-corrected chi connectivity index (χ4v) is 3.31. The fraction of sp³-hybridized carbons (Fsp3) is 0.318. The molecule has 0 radical (unpaired) electrons. The second-order valence-electron chi connectivity index (χ2n) is 7.48. The predicted molar refractivity (Wildman–Crippen MR) is 122 cm³/mol. The number of aryl methyl sites for hydroxylation is 2. The molecule has 0 aliphatic rings. The van der Waals surface area contributed by atoms with E-state index in [2.05, 4.69) is 30.4 Å². The summed E-state index contributed by atoms with van der Waals surface area (Å²) in [7, 11) is 3.60. The Kier molecular flexibility index (Phi) is 7.57. The molecule has 186 valence electrons. The molecule has 0 aliphatic heterocycles. The number of aromatic amines is 1. The molecule has 0 spiro atoms. The van der Waals surface area contributed by atoms with E-state index in [4.69, 9.17) is 14.6 Å². The number of nitrogens with one attached hydrogen (secondary N) is 2. The normalized spacial score (nSPS) is 11.2. The predicted octanol–water partition coefficient (Wildman–Crippen LogP) is 3.67. The monoisotopic (exact) mass is 491 g/mol. The molecule has 35 heavy (non-hydrogen) atoms. The zero-order valence-electron chi connectivity index (χ0n) is 19.4. The maximum Gasteiger partial charge on any atom is 0.490 e. The molecule has 0 amide bonds. The summed E-state index contributed by atoms with van der Waals surface area (Å²) in [5, 5.41) is 14.9. The number of hydrogen-bond donors (Lipinski definition) is 3. The average molecular weight is 491 g/mol. The third-order valence-corrected chi connectivity index (χ3v) is 5.05. The second kappa shape index (κ2) is 10.4. The summed E-state index contributed by atoms with van der Waals surface area (Å²) in [5.41, 5.74) is 5.87. The molecule has 0 saturated heterocycles. The summed E-state index contributed by atoms with van der Waals surface area (Å²) in [5.74, 6) is -0.441. The number of nitrogens with zero attached hydrogens (tertiary/aromatic N) is 5. The number of H-pyrrole nitrogens is 1. The van der Waals surface area contributed by atoms with E-state index in [1.54, 1.807) is 13.3 Å². The van der Waals surface area contributed by atoms with Crippen LogP contribution in [0.3, 0.4) is 0 Å². The number of carboxylic acids is 1. The van der Waals surface area contributed by atoms with Gasteiger partial charge in [-0.15, -0.1) is 0 Å². The number of alkyl halides is 3. The first kappa shape index (κ1) is 25.5. The highest BCUT2D eigenvalue weighted by Gasteiger charge is 2.38. The van der Waals surface area contributed by atoms with Crippen LogP contribution >= 0.6 is 0 Å². The van der Waals surface area contributed by atoms with Gasteiger partial charge in [-0.05, 0) is 32.0 Å². The largest absolute Gasteiger partial charge is 0.497 e. The van der Waals surface area contributed by atoms with Crippen molar-refractivity contribution in [1.82, 2.24) is 29.7 Å². The molecule has 0 atom stereocenters. The Balaban J connectivity index is 0.000000429. The number of anilines is 1. The topological polar surface area (TPSA) is 131 Å². The first-order valence-corrected chi connectivity index (χ1v) is 10.4. The number of ether oxygens (including phenoxy) is 1. The van der Waals surface area contributed by atoms with Gasteiger partial charge in [-0.1, -0.05) is 0 Å². The number of benzene rings is 1. The lowest BCUT2D eigenvalue weighted by Crippen LogP contribution is -2.21. The van der Waals surface area contributed by atoms with Gasteiger partial charge < -0.3 is 20.1 Å². The van der Waals surface area contributed by atoms with Gasteiger partial charge in [0.1, 0.15) is 11.6 Å². The molecular formula is C22H24F3N7O3. The molecule has 4 rings (SSSR count). The van der Waals surface area contributed by atoms with E-state index in [-0.39, 0.29) is 0 Å². The van der Waals surface area contributed by atoms with Crippen LogP contribution in [-0.2, 0) is 18.3 Å². The number of methoxy groups -OCH3 is 1. The number of hydrogen-bond acceptors (Lipinski definition) is 7. The Morgan fingerprint density at radius 2 is 1.94 bits per heavy atom. The fourth-order valence-electron chi connectivity index (χ4n) is 3.31. The minimum atomic E-state index is -5.08. The highest BCUT2D eigenvalue weighted by Crippen LogP contribution is 2.25. The van der Waals surface area contributed by atoms with Gasteiger partial charge in [0.25, 0.3) is 0 Å². The van der Waals surface area contributed by atoms with E-state index in [0.29, 0.717) is 12.5 Å². The lowest BCUT2D eigenvalue weighted by molar-refractivity contribution is -0.192. The SMILES string of the molecule is COc1ccc2nc(CCNc3nccc(-c4c(C)nn(C)c4C)n3)[nH]c2c1.O=C(O)C(F)(F)F. The second-order valence-corrected chi connectivity index (χ2v) is 7.48. The van der Waals surface area contributed by atoms with Crippen LogP contribution in [0, 0.1) is 13.8 Å². The van der Waals surface area contributed by atoms with Gasteiger partial charge >= 0.3 is 12.1 Å². The Morgan fingerprint density at radius 3 is 2.54 bits per heavy atom. The van der Waals surface area contributed by atoms with Crippen LogP contribution in [0.1, 0.15) is 17.2 Å². The van der Waals surface area contributed by atoms with Gasteiger partial charge in [0.05, 0.1) is 29.5 Å². The van der Waals surface area contributed by atoms with Crippen LogP contribution in [-0.4, -0.2) is 60.6 Å². The lowest BCUT2D eigenvalue weighted by atomic mass is 10.1. The smallest absolute Gasteiger partial charge is 0.490 e. The Hall–Kier alpha value is -4.16. The average Bonchev–Trinajstić information content (AvgIpc) is 3.32. The third-order valence-electron chi connectivity index (χ3n) is 5.05. The summed E-state index contributed by atoms with van der Waals surface area (Å²) in [6.45, 7) is 4.71. The van der Waals surface area contributed by atoms with Gasteiger partial charge in [-0.25, -0.2) is 19.7 Å². The molecule has 0 fully saturated rings. The number of carboxylic acid groups (broad SMARTS) is 1. The Morgan fingerprint density at radius 1 is 1.23 bits per heavy atom. The number of imidazole rings is 1. The van der Waals surface area contributed by atoms with Crippen molar-refractivity contribution in [2.45, 2.75) is 26.4 Å². The molecule has 3 heterocycles. The van der Waals surface area contributed by atoms with E-state index in [1.807, 2.05) is 49.8 Å². The molecule has 0 unspecified atom stereocenters. The van der Waals surface area contributed by atoms with Crippen LogP contribution in [0.5, 0.6) is 5.75 Å². The van der Waals surface area contributed by atoms with E-state index in [9.17, 15) is 13.2 Å². The highest BCUT2D eigenvalue weighted by atomic mass is 19.4. The minimum Gasteiger partial charge on any atom is -0.497 e. The number of aliphatic carboxylic acids is 1. The third kappa shape index (κ3) is 6.25. The zero-order chi connectivity index (χ0) is 25.8. The van der Waals surface area contributed by atoms with Gasteiger partial charge in [0.2, 0.25) is 5.95 Å². The molecule has 4 aromatic rings. The maximum absolute atomic E-state index is 10.6. The molecule has 1 aromatic carbocycles. The summed E-state index contributed by atoms with van der Waals surface area (Å²) in [4.78, 5) is 25.8. The molecule has 13 heteroatoms. The summed E-state index contributed by atoms with van der Waals surface area (Å²) in [6.07, 6.45) is -2.58. The first-order chi connectivity index (χ1) is 16.5. The number of aromatic nitrogens is 6. The zero-order valence-corrected chi connectivity index (χ0v) is 19.4. The molecular weight excluding hydrogens is 467 g/mol. The first-order valence-electron chi connectivity index (χ1n) is 10.4. The van der Waals surface area contributed by atoms with Crippen molar-refractivity contribution in [2.75, 3.05) is 19.0 Å². The minimum absolute atomic E-state index is 0.595. The van der Waals surface area contributed by atoms with Crippen molar-refractivity contribution in [2.24, 2.45) is 7.05 Å². The summed E-state index contributed by atoms with van der Waals surface area (Å²) < 4.78 is 38.9. The Bertz CT molecular complexity index is 1330. The molecule has 0 saturated carbocycles. The van der Waals surface area contributed by atoms with Crippen molar-refractivity contribution >= 4 is 23.0 Å². The number of halogens is 3. The summed E-state index contributed by atoms with van der Waals surface area (Å²) in [6, 6.07) is 7.72. The van der Waals surface area contributed by atoms with E-state index < -0.39 is 12.1 Å². The highest BCUT2D eigenvalue weighted by molar-refractivity contribution is 5.76.